The van der Waals surface area contributed by atoms with E-state index in [0.29, 0.717) is 18.3 Å². The number of hydrogen-bond donors (Lipinski definition) is 1. The second-order valence-electron chi connectivity index (χ2n) is 4.64. The van der Waals surface area contributed by atoms with Crippen molar-refractivity contribution in [3.63, 3.8) is 0 Å². The summed E-state index contributed by atoms with van der Waals surface area (Å²) < 4.78 is 28.0. The SMILES string of the molecule is CC(C)CCCOc1cc(Cl)c(S(N)(=O)=O)cc1Cl. The van der Waals surface area contributed by atoms with E-state index in [1.807, 2.05) is 0 Å². The van der Waals surface area contributed by atoms with Crippen LogP contribution in [-0.2, 0) is 10.0 Å². The Morgan fingerprint density at radius 3 is 2.42 bits per heavy atom. The summed E-state index contributed by atoms with van der Waals surface area (Å²) in [6, 6.07) is 2.58. The Balaban J connectivity index is 2.80. The molecule has 0 saturated heterocycles. The largest absolute Gasteiger partial charge is 0.492 e. The molecule has 0 saturated carbocycles. The van der Waals surface area contributed by atoms with Gasteiger partial charge in [-0.3, -0.25) is 0 Å². The fraction of sp³-hybridized carbons (Fsp3) is 0.500. The van der Waals surface area contributed by atoms with E-state index in [2.05, 4.69) is 13.8 Å². The minimum Gasteiger partial charge on any atom is -0.492 e. The molecule has 0 aliphatic carbocycles. The van der Waals surface area contributed by atoms with Crippen LogP contribution in [0.4, 0.5) is 0 Å². The van der Waals surface area contributed by atoms with E-state index in [9.17, 15) is 8.42 Å². The van der Waals surface area contributed by atoms with Crippen molar-refractivity contribution in [2.24, 2.45) is 11.1 Å². The zero-order valence-corrected chi connectivity index (χ0v) is 13.1. The minimum atomic E-state index is -3.88. The molecular weight excluding hydrogens is 309 g/mol. The molecule has 7 heteroatoms. The zero-order chi connectivity index (χ0) is 14.6. The maximum atomic E-state index is 11.2. The zero-order valence-electron chi connectivity index (χ0n) is 10.8. The Kier molecular flexibility index (Phi) is 5.92. The smallest absolute Gasteiger partial charge is 0.239 e. The highest BCUT2D eigenvalue weighted by atomic mass is 35.5. The Labute approximate surface area is 123 Å². The van der Waals surface area contributed by atoms with Gasteiger partial charge in [-0.25, -0.2) is 13.6 Å². The van der Waals surface area contributed by atoms with E-state index in [-0.39, 0.29) is 14.9 Å². The van der Waals surface area contributed by atoms with Crippen LogP contribution in [-0.4, -0.2) is 15.0 Å². The monoisotopic (exact) mass is 325 g/mol. The van der Waals surface area contributed by atoms with E-state index >= 15 is 0 Å². The van der Waals surface area contributed by atoms with Crippen LogP contribution in [0.2, 0.25) is 10.0 Å². The Morgan fingerprint density at radius 1 is 1.26 bits per heavy atom. The fourth-order valence-corrected chi connectivity index (χ4v) is 2.88. The molecule has 108 valence electrons. The highest BCUT2D eigenvalue weighted by molar-refractivity contribution is 7.89. The first-order valence-corrected chi connectivity index (χ1v) is 8.16. The molecule has 0 bridgehead atoms. The van der Waals surface area contributed by atoms with Crippen molar-refractivity contribution in [3.05, 3.63) is 22.2 Å². The van der Waals surface area contributed by atoms with Crippen LogP contribution in [0.3, 0.4) is 0 Å². The van der Waals surface area contributed by atoms with Crippen LogP contribution in [0.5, 0.6) is 5.75 Å². The molecule has 19 heavy (non-hydrogen) atoms. The summed E-state index contributed by atoms with van der Waals surface area (Å²) >= 11 is 11.8. The van der Waals surface area contributed by atoms with E-state index in [4.69, 9.17) is 33.1 Å². The van der Waals surface area contributed by atoms with E-state index in [0.717, 1.165) is 12.8 Å². The van der Waals surface area contributed by atoms with Gasteiger partial charge in [-0.05, 0) is 24.8 Å². The van der Waals surface area contributed by atoms with Gasteiger partial charge in [0, 0.05) is 6.07 Å². The van der Waals surface area contributed by atoms with Crippen molar-refractivity contribution < 1.29 is 13.2 Å². The van der Waals surface area contributed by atoms with Crippen molar-refractivity contribution in [3.8, 4) is 5.75 Å². The third-order valence-electron chi connectivity index (χ3n) is 2.48. The first kappa shape index (κ1) is 16.6. The van der Waals surface area contributed by atoms with Gasteiger partial charge >= 0.3 is 0 Å². The van der Waals surface area contributed by atoms with E-state index in [1.165, 1.54) is 12.1 Å². The summed E-state index contributed by atoms with van der Waals surface area (Å²) in [6.45, 7) is 4.76. The molecule has 0 spiro atoms. The topological polar surface area (TPSA) is 69.4 Å². The number of halogens is 2. The molecule has 0 heterocycles. The molecule has 0 aromatic heterocycles. The summed E-state index contributed by atoms with van der Waals surface area (Å²) in [4.78, 5) is -0.200. The average Bonchev–Trinajstić information content (AvgIpc) is 2.26. The predicted octanol–water partition coefficient (Wildman–Crippen LogP) is 3.46. The summed E-state index contributed by atoms with van der Waals surface area (Å²) in [5.41, 5.74) is 0. The van der Waals surface area contributed by atoms with Crippen molar-refractivity contribution in [1.29, 1.82) is 0 Å². The molecule has 0 amide bonds. The number of nitrogens with two attached hydrogens (primary N) is 1. The van der Waals surface area contributed by atoms with Crippen molar-refractivity contribution >= 4 is 33.2 Å². The second-order valence-corrected chi connectivity index (χ2v) is 6.99. The van der Waals surface area contributed by atoms with Gasteiger partial charge in [-0.1, -0.05) is 37.0 Å². The van der Waals surface area contributed by atoms with Crippen LogP contribution in [0, 0.1) is 5.92 Å². The lowest BCUT2D eigenvalue weighted by atomic mass is 10.1. The number of ether oxygens (including phenoxy) is 1. The van der Waals surface area contributed by atoms with Gasteiger partial charge in [-0.2, -0.15) is 0 Å². The van der Waals surface area contributed by atoms with Gasteiger partial charge in [0.2, 0.25) is 10.0 Å². The number of sulfonamides is 1. The van der Waals surface area contributed by atoms with Gasteiger partial charge in [0.05, 0.1) is 16.7 Å². The van der Waals surface area contributed by atoms with E-state index < -0.39 is 10.0 Å². The minimum absolute atomic E-state index is 0.00533. The Morgan fingerprint density at radius 2 is 1.89 bits per heavy atom. The lowest BCUT2D eigenvalue weighted by molar-refractivity contribution is 0.298. The highest BCUT2D eigenvalue weighted by Gasteiger charge is 2.16. The van der Waals surface area contributed by atoms with Gasteiger partial charge in [0.15, 0.2) is 0 Å². The molecule has 4 nitrogen and oxygen atoms in total. The quantitative estimate of drug-likeness (QED) is 0.814. The summed E-state index contributed by atoms with van der Waals surface area (Å²) in [5, 5.41) is 5.20. The Hall–Kier alpha value is -0.490. The van der Waals surface area contributed by atoms with Crippen LogP contribution < -0.4 is 9.88 Å². The van der Waals surface area contributed by atoms with Crippen molar-refractivity contribution in [2.45, 2.75) is 31.6 Å². The maximum Gasteiger partial charge on any atom is 0.239 e. The summed E-state index contributed by atoms with van der Waals surface area (Å²) in [5.74, 6) is 0.968. The molecule has 0 radical (unpaired) electrons. The maximum absolute atomic E-state index is 11.2. The van der Waals surface area contributed by atoms with Crippen LogP contribution in [0.1, 0.15) is 26.7 Å². The normalized spacial score (nSPS) is 11.9. The number of primary sulfonamides is 1. The molecule has 0 atom stereocenters. The molecule has 0 fully saturated rings. The van der Waals surface area contributed by atoms with Gasteiger partial charge in [0.1, 0.15) is 10.6 Å². The van der Waals surface area contributed by atoms with Gasteiger partial charge < -0.3 is 4.74 Å². The molecule has 1 aromatic carbocycles. The standard InChI is InChI=1S/C12H17Cl2NO3S/c1-8(2)4-3-5-18-11-6-10(14)12(7-9(11)13)19(15,16)17/h6-8H,3-5H2,1-2H3,(H2,15,16,17). The molecule has 1 aromatic rings. The lowest BCUT2D eigenvalue weighted by Gasteiger charge is -2.11. The van der Waals surface area contributed by atoms with Gasteiger partial charge in [-0.15, -0.1) is 0 Å². The third-order valence-corrected chi connectivity index (χ3v) is 4.15. The van der Waals surface area contributed by atoms with Crippen molar-refractivity contribution in [2.75, 3.05) is 6.61 Å². The molecule has 1 rings (SSSR count). The molecule has 2 N–H and O–H groups in total. The fourth-order valence-electron chi connectivity index (χ4n) is 1.51. The number of rotatable bonds is 6. The number of hydrogen-bond acceptors (Lipinski definition) is 3. The average molecular weight is 326 g/mol. The molecule has 0 aliphatic heterocycles. The second kappa shape index (κ2) is 6.79. The van der Waals surface area contributed by atoms with Crippen molar-refractivity contribution in [1.82, 2.24) is 0 Å². The van der Waals surface area contributed by atoms with Crippen LogP contribution in [0.15, 0.2) is 17.0 Å². The first-order valence-electron chi connectivity index (χ1n) is 5.86. The van der Waals surface area contributed by atoms with Crippen LogP contribution in [0.25, 0.3) is 0 Å². The molecular formula is C12H17Cl2NO3S. The number of benzene rings is 1. The molecule has 0 unspecified atom stereocenters. The molecule has 0 aliphatic rings. The van der Waals surface area contributed by atoms with Gasteiger partial charge in [0.25, 0.3) is 0 Å². The highest BCUT2D eigenvalue weighted by Crippen LogP contribution is 2.33. The lowest BCUT2D eigenvalue weighted by Crippen LogP contribution is -2.13. The summed E-state index contributed by atoms with van der Waals surface area (Å²) in [7, 11) is -3.88. The first-order chi connectivity index (χ1) is 8.71. The van der Waals surface area contributed by atoms with E-state index in [1.54, 1.807) is 0 Å². The predicted molar refractivity (Wildman–Crippen MR) is 77.4 cm³/mol. The summed E-state index contributed by atoms with van der Waals surface area (Å²) in [6.07, 6.45) is 1.93. The third kappa shape index (κ3) is 5.18. The Bertz CT molecular complexity index is 544. The van der Waals surface area contributed by atoms with Crippen LogP contribution >= 0.6 is 23.2 Å².